The van der Waals surface area contributed by atoms with Crippen LogP contribution in [0.2, 0.25) is 0 Å². The zero-order chi connectivity index (χ0) is 18.8. The number of hydrogen-bond donors (Lipinski definition) is 1. The number of carbonyl (C=O) groups excluding carboxylic acids is 1. The van der Waals surface area contributed by atoms with Crippen molar-refractivity contribution in [3.63, 3.8) is 0 Å². The van der Waals surface area contributed by atoms with Gasteiger partial charge in [0, 0.05) is 23.2 Å². The molecule has 0 bridgehead atoms. The third-order valence-electron chi connectivity index (χ3n) is 3.85. The first-order valence-electron chi connectivity index (χ1n) is 7.57. The third kappa shape index (κ3) is 3.25. The summed E-state index contributed by atoms with van der Waals surface area (Å²) in [6.45, 7) is 1.62. The predicted molar refractivity (Wildman–Crippen MR) is 94.8 cm³/mol. The van der Waals surface area contributed by atoms with Crippen LogP contribution in [-0.4, -0.2) is 17.9 Å². The SMILES string of the molecule is COc1ccc2oc(=O)c(C(=O)Nc3ccc([N+](=O)[O-])cc3C)cc2c1. The summed E-state index contributed by atoms with van der Waals surface area (Å²) >= 11 is 0. The summed E-state index contributed by atoms with van der Waals surface area (Å²) < 4.78 is 10.3. The fourth-order valence-corrected chi connectivity index (χ4v) is 2.48. The highest BCUT2D eigenvalue weighted by Crippen LogP contribution is 2.23. The molecule has 1 aromatic heterocycles. The number of rotatable bonds is 4. The van der Waals surface area contributed by atoms with Crippen LogP contribution >= 0.6 is 0 Å². The van der Waals surface area contributed by atoms with Gasteiger partial charge in [0.05, 0.1) is 12.0 Å². The normalized spacial score (nSPS) is 10.5. The van der Waals surface area contributed by atoms with Crippen LogP contribution in [0.15, 0.2) is 51.7 Å². The van der Waals surface area contributed by atoms with Crippen LogP contribution in [0.25, 0.3) is 11.0 Å². The first-order valence-corrected chi connectivity index (χ1v) is 7.57. The minimum Gasteiger partial charge on any atom is -0.497 e. The average Bonchev–Trinajstić information content (AvgIpc) is 2.62. The van der Waals surface area contributed by atoms with Crippen molar-refractivity contribution in [2.24, 2.45) is 0 Å². The van der Waals surface area contributed by atoms with Crippen molar-refractivity contribution in [2.75, 3.05) is 12.4 Å². The molecule has 1 N–H and O–H groups in total. The smallest absolute Gasteiger partial charge is 0.349 e. The van der Waals surface area contributed by atoms with Crippen molar-refractivity contribution in [1.29, 1.82) is 0 Å². The lowest BCUT2D eigenvalue weighted by Gasteiger charge is -2.08. The Bertz CT molecular complexity index is 1090. The Kier molecular flexibility index (Phi) is 4.40. The van der Waals surface area contributed by atoms with E-state index < -0.39 is 16.5 Å². The zero-order valence-corrected chi connectivity index (χ0v) is 13.9. The van der Waals surface area contributed by atoms with Gasteiger partial charge in [-0.15, -0.1) is 0 Å². The van der Waals surface area contributed by atoms with E-state index in [2.05, 4.69) is 5.32 Å². The molecule has 0 saturated heterocycles. The highest BCUT2D eigenvalue weighted by atomic mass is 16.6. The Morgan fingerprint density at radius 3 is 2.62 bits per heavy atom. The van der Waals surface area contributed by atoms with Gasteiger partial charge in [0.25, 0.3) is 11.6 Å². The molecule has 0 aliphatic heterocycles. The quantitative estimate of drug-likeness (QED) is 0.437. The maximum Gasteiger partial charge on any atom is 0.349 e. The second-order valence-corrected chi connectivity index (χ2v) is 5.56. The van der Waals surface area contributed by atoms with Crippen LogP contribution in [-0.2, 0) is 0 Å². The molecular weight excluding hydrogens is 340 g/mol. The number of nitrogens with one attached hydrogen (secondary N) is 1. The molecule has 8 heteroatoms. The second kappa shape index (κ2) is 6.67. The van der Waals surface area contributed by atoms with E-state index in [-0.39, 0.29) is 11.3 Å². The van der Waals surface area contributed by atoms with Gasteiger partial charge >= 0.3 is 5.63 Å². The van der Waals surface area contributed by atoms with Gasteiger partial charge in [-0.25, -0.2) is 4.79 Å². The molecule has 0 saturated carbocycles. The molecule has 3 aromatic rings. The molecule has 0 unspecified atom stereocenters. The molecule has 0 aliphatic rings. The van der Waals surface area contributed by atoms with E-state index in [9.17, 15) is 19.7 Å². The van der Waals surface area contributed by atoms with Crippen molar-refractivity contribution < 1.29 is 18.9 Å². The summed E-state index contributed by atoms with van der Waals surface area (Å²) in [6, 6.07) is 10.3. The number of nitrogens with zero attached hydrogens (tertiary/aromatic N) is 1. The minimum absolute atomic E-state index is 0.0854. The van der Waals surface area contributed by atoms with E-state index in [1.165, 1.54) is 31.4 Å². The van der Waals surface area contributed by atoms with Crippen LogP contribution in [0.1, 0.15) is 15.9 Å². The van der Waals surface area contributed by atoms with Gasteiger partial charge in [-0.1, -0.05) is 0 Å². The van der Waals surface area contributed by atoms with Crippen LogP contribution in [0.4, 0.5) is 11.4 Å². The van der Waals surface area contributed by atoms with Crippen molar-refractivity contribution in [3.05, 3.63) is 74.1 Å². The summed E-state index contributed by atoms with van der Waals surface area (Å²) in [5, 5.41) is 13.9. The number of non-ortho nitro benzene ring substituents is 1. The highest BCUT2D eigenvalue weighted by Gasteiger charge is 2.16. The van der Waals surface area contributed by atoms with Crippen LogP contribution in [0, 0.1) is 17.0 Å². The number of carbonyl (C=O) groups is 1. The largest absolute Gasteiger partial charge is 0.497 e. The van der Waals surface area contributed by atoms with Crippen LogP contribution in [0.3, 0.4) is 0 Å². The van der Waals surface area contributed by atoms with E-state index in [0.717, 1.165) is 0 Å². The number of methoxy groups -OCH3 is 1. The highest BCUT2D eigenvalue weighted by molar-refractivity contribution is 6.05. The number of anilines is 1. The summed E-state index contributed by atoms with van der Waals surface area (Å²) in [7, 11) is 1.51. The molecule has 26 heavy (non-hydrogen) atoms. The summed E-state index contributed by atoms with van der Waals surface area (Å²) in [5.74, 6) is -0.107. The third-order valence-corrected chi connectivity index (χ3v) is 3.85. The molecule has 0 atom stereocenters. The Labute approximate surface area is 147 Å². The number of nitro benzene ring substituents is 1. The maximum atomic E-state index is 12.5. The van der Waals surface area contributed by atoms with Crippen LogP contribution in [0.5, 0.6) is 5.75 Å². The lowest BCUT2D eigenvalue weighted by molar-refractivity contribution is -0.384. The topological polar surface area (TPSA) is 112 Å². The molecule has 0 aliphatic carbocycles. The van der Waals surface area contributed by atoms with Crippen molar-refractivity contribution >= 4 is 28.3 Å². The molecule has 1 amide bonds. The molecule has 3 rings (SSSR count). The van der Waals surface area contributed by atoms with Gasteiger partial charge in [0.2, 0.25) is 0 Å². The number of nitro groups is 1. The van der Waals surface area contributed by atoms with E-state index in [4.69, 9.17) is 9.15 Å². The molecular formula is C18H14N2O6. The van der Waals surface area contributed by atoms with Gasteiger partial charge in [-0.05, 0) is 42.8 Å². The number of aryl methyl sites for hydroxylation is 1. The fourth-order valence-electron chi connectivity index (χ4n) is 2.48. The van der Waals surface area contributed by atoms with Crippen molar-refractivity contribution in [1.82, 2.24) is 0 Å². The zero-order valence-electron chi connectivity index (χ0n) is 13.9. The average molecular weight is 354 g/mol. The Balaban J connectivity index is 1.96. The minimum atomic E-state index is -0.778. The molecule has 132 valence electrons. The molecule has 8 nitrogen and oxygen atoms in total. The molecule has 0 radical (unpaired) electrons. The number of amides is 1. The van der Waals surface area contributed by atoms with E-state index in [1.54, 1.807) is 25.1 Å². The Morgan fingerprint density at radius 2 is 1.96 bits per heavy atom. The van der Waals surface area contributed by atoms with Crippen molar-refractivity contribution in [3.8, 4) is 5.75 Å². The Morgan fingerprint density at radius 1 is 1.19 bits per heavy atom. The summed E-state index contributed by atoms with van der Waals surface area (Å²) in [4.78, 5) is 34.8. The first-order chi connectivity index (χ1) is 12.4. The molecule has 0 spiro atoms. The van der Waals surface area contributed by atoms with Gasteiger partial charge in [0.15, 0.2) is 0 Å². The standard InChI is InChI=1S/C18H14N2O6/c1-10-7-12(20(23)24)3-5-15(10)19-17(21)14-9-11-8-13(25-2)4-6-16(11)26-18(14)22/h3-9H,1-2H3,(H,19,21). The van der Waals surface area contributed by atoms with Gasteiger partial charge in [-0.3, -0.25) is 14.9 Å². The predicted octanol–water partition coefficient (Wildman–Crippen LogP) is 3.27. The summed E-state index contributed by atoms with van der Waals surface area (Å²) in [6.07, 6.45) is 0. The van der Waals surface area contributed by atoms with Crippen molar-refractivity contribution in [2.45, 2.75) is 6.92 Å². The first kappa shape index (κ1) is 17.2. The van der Waals surface area contributed by atoms with Crippen LogP contribution < -0.4 is 15.7 Å². The van der Waals surface area contributed by atoms with E-state index >= 15 is 0 Å². The number of hydrogen-bond acceptors (Lipinski definition) is 6. The fraction of sp³-hybridized carbons (Fsp3) is 0.111. The molecule has 2 aromatic carbocycles. The maximum absolute atomic E-state index is 12.5. The van der Waals surface area contributed by atoms with E-state index in [0.29, 0.717) is 28.0 Å². The monoisotopic (exact) mass is 354 g/mol. The number of fused-ring (bicyclic) bond motifs is 1. The number of benzene rings is 2. The lowest BCUT2D eigenvalue weighted by atomic mass is 10.1. The van der Waals surface area contributed by atoms with Gasteiger partial charge in [-0.2, -0.15) is 0 Å². The summed E-state index contributed by atoms with van der Waals surface area (Å²) in [5.41, 5.74) is 0.157. The number of ether oxygens (including phenoxy) is 1. The van der Waals surface area contributed by atoms with Gasteiger partial charge in [0.1, 0.15) is 16.9 Å². The molecule has 1 heterocycles. The Hall–Kier alpha value is -3.68. The van der Waals surface area contributed by atoms with Gasteiger partial charge < -0.3 is 14.5 Å². The van der Waals surface area contributed by atoms with E-state index in [1.807, 2.05) is 0 Å². The molecule has 0 fully saturated rings. The lowest BCUT2D eigenvalue weighted by Crippen LogP contribution is -2.21. The second-order valence-electron chi connectivity index (χ2n) is 5.56.